The third kappa shape index (κ3) is 2.41. The van der Waals surface area contributed by atoms with Crippen LogP contribution in [0.3, 0.4) is 0 Å². The highest BCUT2D eigenvalue weighted by molar-refractivity contribution is 5.90. The van der Waals surface area contributed by atoms with Crippen LogP contribution in [0.2, 0.25) is 0 Å². The van der Waals surface area contributed by atoms with E-state index in [0.717, 1.165) is 11.3 Å². The maximum Gasteiger partial charge on any atom is 0.352 e. The standard InChI is InChI=1S/C15H17N5O2/c1-9-16-15-17-12(14(21)22)8-13(20(15)18-9)10-4-6-11(7-5-10)19(2)3/h4-8,13H,1-3H3,(H,21,22)(H,16,17,18)/t13-/m1/s1. The van der Waals surface area contributed by atoms with Crippen LogP contribution in [0.15, 0.2) is 36.0 Å². The van der Waals surface area contributed by atoms with Gasteiger partial charge in [0.05, 0.1) is 0 Å². The summed E-state index contributed by atoms with van der Waals surface area (Å²) in [7, 11) is 3.95. The Labute approximate surface area is 127 Å². The molecule has 0 fully saturated rings. The quantitative estimate of drug-likeness (QED) is 0.896. The van der Waals surface area contributed by atoms with Crippen molar-refractivity contribution in [3.8, 4) is 0 Å². The molecule has 2 N–H and O–H groups in total. The number of carbonyl (C=O) groups is 1. The van der Waals surface area contributed by atoms with Crippen LogP contribution in [0.4, 0.5) is 11.6 Å². The summed E-state index contributed by atoms with van der Waals surface area (Å²) in [5, 5.41) is 16.4. The fourth-order valence-corrected chi connectivity index (χ4v) is 2.43. The van der Waals surface area contributed by atoms with E-state index in [0.29, 0.717) is 11.8 Å². The molecule has 0 saturated heterocycles. The van der Waals surface area contributed by atoms with Crippen molar-refractivity contribution in [2.24, 2.45) is 0 Å². The second-order valence-corrected chi connectivity index (χ2v) is 5.37. The molecule has 7 heteroatoms. The lowest BCUT2D eigenvalue weighted by atomic mass is 10.0. The van der Waals surface area contributed by atoms with Crippen LogP contribution in [0.1, 0.15) is 17.4 Å². The summed E-state index contributed by atoms with van der Waals surface area (Å²) < 4.78 is 1.70. The molecule has 0 radical (unpaired) electrons. The van der Waals surface area contributed by atoms with Crippen LogP contribution in [-0.4, -0.2) is 39.9 Å². The van der Waals surface area contributed by atoms with Gasteiger partial charge in [0.25, 0.3) is 0 Å². The third-order valence-corrected chi connectivity index (χ3v) is 3.55. The number of carboxylic acids is 1. The Bertz CT molecular complexity index is 746. The highest BCUT2D eigenvalue weighted by Crippen LogP contribution is 2.29. The van der Waals surface area contributed by atoms with Crippen molar-refractivity contribution in [1.82, 2.24) is 14.8 Å². The lowest BCUT2D eigenvalue weighted by Crippen LogP contribution is -2.24. The summed E-state index contributed by atoms with van der Waals surface area (Å²) in [5.74, 6) is 0.0263. The minimum Gasteiger partial charge on any atom is -0.477 e. The molecule has 3 rings (SSSR count). The second kappa shape index (κ2) is 5.18. The summed E-state index contributed by atoms with van der Waals surface area (Å²) >= 11 is 0. The van der Waals surface area contributed by atoms with Gasteiger partial charge in [0, 0.05) is 19.8 Å². The molecule has 114 valence electrons. The number of nitrogens with one attached hydrogen (secondary N) is 1. The number of benzene rings is 1. The Hall–Kier alpha value is -2.83. The Balaban J connectivity index is 2.05. The van der Waals surface area contributed by atoms with Crippen molar-refractivity contribution < 1.29 is 9.90 Å². The maximum atomic E-state index is 11.3. The Morgan fingerprint density at radius 2 is 2.00 bits per heavy atom. The number of hydrogen-bond donors (Lipinski definition) is 2. The lowest BCUT2D eigenvalue weighted by Gasteiger charge is -2.23. The van der Waals surface area contributed by atoms with Crippen molar-refractivity contribution in [1.29, 1.82) is 0 Å². The van der Waals surface area contributed by atoms with Crippen molar-refractivity contribution >= 4 is 17.6 Å². The van der Waals surface area contributed by atoms with E-state index in [1.807, 2.05) is 43.3 Å². The van der Waals surface area contributed by atoms with E-state index >= 15 is 0 Å². The van der Waals surface area contributed by atoms with Gasteiger partial charge in [-0.2, -0.15) is 10.1 Å². The Kier molecular flexibility index (Phi) is 3.32. The first-order valence-corrected chi connectivity index (χ1v) is 6.88. The van der Waals surface area contributed by atoms with E-state index in [2.05, 4.69) is 15.4 Å². The first-order chi connectivity index (χ1) is 10.5. The van der Waals surface area contributed by atoms with Crippen molar-refractivity contribution in [2.45, 2.75) is 13.0 Å². The average molecular weight is 299 g/mol. The molecule has 22 heavy (non-hydrogen) atoms. The van der Waals surface area contributed by atoms with Crippen LogP contribution in [0, 0.1) is 6.92 Å². The molecule has 7 nitrogen and oxygen atoms in total. The third-order valence-electron chi connectivity index (χ3n) is 3.55. The predicted octanol–water partition coefficient (Wildman–Crippen LogP) is 1.64. The zero-order valence-corrected chi connectivity index (χ0v) is 12.6. The molecular weight excluding hydrogens is 282 g/mol. The number of fused-ring (bicyclic) bond motifs is 1. The molecule has 0 spiro atoms. The summed E-state index contributed by atoms with van der Waals surface area (Å²) in [6.07, 6.45) is 1.65. The highest BCUT2D eigenvalue weighted by Gasteiger charge is 2.26. The lowest BCUT2D eigenvalue weighted by molar-refractivity contribution is -0.132. The van der Waals surface area contributed by atoms with E-state index < -0.39 is 5.97 Å². The zero-order chi connectivity index (χ0) is 15.9. The molecule has 0 saturated carbocycles. The number of nitrogens with zero attached hydrogens (tertiary/aromatic N) is 4. The van der Waals surface area contributed by atoms with Gasteiger partial charge in [-0.05, 0) is 30.7 Å². The monoisotopic (exact) mass is 299 g/mol. The molecule has 0 aliphatic carbocycles. The van der Waals surface area contributed by atoms with Crippen LogP contribution < -0.4 is 10.2 Å². The fraction of sp³-hybridized carbons (Fsp3) is 0.267. The van der Waals surface area contributed by atoms with E-state index in [4.69, 9.17) is 0 Å². The van der Waals surface area contributed by atoms with Gasteiger partial charge in [-0.1, -0.05) is 12.1 Å². The van der Waals surface area contributed by atoms with E-state index in [1.165, 1.54) is 0 Å². The number of hydrogen-bond acceptors (Lipinski definition) is 5. The van der Waals surface area contributed by atoms with Gasteiger partial charge in [-0.3, -0.25) is 0 Å². The molecule has 0 unspecified atom stereocenters. The number of aromatic nitrogens is 3. The molecule has 1 aliphatic rings. The molecule has 0 amide bonds. The zero-order valence-electron chi connectivity index (χ0n) is 12.6. The maximum absolute atomic E-state index is 11.3. The molecule has 2 heterocycles. The Morgan fingerprint density at radius 1 is 1.32 bits per heavy atom. The van der Waals surface area contributed by atoms with Crippen LogP contribution in [0.5, 0.6) is 0 Å². The van der Waals surface area contributed by atoms with Crippen molar-refractivity contribution in [3.63, 3.8) is 0 Å². The predicted molar refractivity (Wildman–Crippen MR) is 83.0 cm³/mol. The Morgan fingerprint density at radius 3 is 2.59 bits per heavy atom. The first kappa shape index (κ1) is 14.1. The minimum absolute atomic E-state index is 0.113. The van der Waals surface area contributed by atoms with Gasteiger partial charge in [-0.25, -0.2) is 9.48 Å². The summed E-state index contributed by atoms with van der Waals surface area (Å²) in [4.78, 5) is 17.5. The van der Waals surface area contributed by atoms with Crippen molar-refractivity contribution in [2.75, 3.05) is 24.3 Å². The van der Waals surface area contributed by atoms with Crippen LogP contribution >= 0.6 is 0 Å². The number of allylic oxidation sites excluding steroid dienone is 1. The van der Waals surface area contributed by atoms with Gasteiger partial charge in [0.2, 0.25) is 5.95 Å². The largest absolute Gasteiger partial charge is 0.477 e. The number of aliphatic carboxylic acids is 1. The van der Waals surface area contributed by atoms with Crippen molar-refractivity contribution in [3.05, 3.63) is 47.4 Å². The summed E-state index contributed by atoms with van der Waals surface area (Å²) in [6, 6.07) is 7.65. The van der Waals surface area contributed by atoms with E-state index in [-0.39, 0.29) is 11.7 Å². The van der Waals surface area contributed by atoms with Gasteiger partial charge in [0.1, 0.15) is 17.6 Å². The fourth-order valence-electron chi connectivity index (χ4n) is 2.43. The van der Waals surface area contributed by atoms with Gasteiger partial charge in [0.15, 0.2) is 0 Å². The second-order valence-electron chi connectivity index (χ2n) is 5.37. The molecule has 1 aliphatic heterocycles. The normalized spacial score (nSPS) is 16.5. The van der Waals surface area contributed by atoms with Gasteiger partial charge < -0.3 is 15.3 Å². The van der Waals surface area contributed by atoms with E-state index in [1.54, 1.807) is 17.7 Å². The number of carboxylic acid groups (broad SMARTS) is 1. The first-order valence-electron chi connectivity index (χ1n) is 6.88. The average Bonchev–Trinajstić information content (AvgIpc) is 2.86. The topological polar surface area (TPSA) is 83.3 Å². The molecule has 0 bridgehead atoms. The van der Waals surface area contributed by atoms with Gasteiger partial charge in [-0.15, -0.1) is 0 Å². The SMILES string of the molecule is Cc1nc2n(n1)[C@@H](c1ccc(N(C)C)cc1)C=C(C(=O)O)N2. The molecule has 2 aromatic rings. The minimum atomic E-state index is -1.01. The smallest absolute Gasteiger partial charge is 0.352 e. The highest BCUT2D eigenvalue weighted by atomic mass is 16.4. The molecule has 1 atom stereocenters. The molecule has 1 aromatic carbocycles. The van der Waals surface area contributed by atoms with E-state index in [9.17, 15) is 9.90 Å². The van der Waals surface area contributed by atoms with Crippen LogP contribution in [0.25, 0.3) is 0 Å². The number of aryl methyl sites for hydroxylation is 1. The van der Waals surface area contributed by atoms with Gasteiger partial charge >= 0.3 is 5.97 Å². The number of anilines is 2. The number of rotatable bonds is 3. The summed E-state index contributed by atoms with van der Waals surface area (Å²) in [5.41, 5.74) is 2.15. The molecular formula is C15H17N5O2. The summed E-state index contributed by atoms with van der Waals surface area (Å²) in [6.45, 7) is 1.78. The molecule has 1 aromatic heterocycles. The van der Waals surface area contributed by atoms with Crippen LogP contribution in [-0.2, 0) is 4.79 Å².